The lowest BCUT2D eigenvalue weighted by Gasteiger charge is -2.24. The topological polar surface area (TPSA) is 179 Å². The first-order valence-corrected chi connectivity index (χ1v) is 9.99. The van der Waals surface area contributed by atoms with Gasteiger partial charge in [0.05, 0.1) is 31.7 Å². The number of fused-ring (bicyclic) bond motifs is 1. The zero-order chi connectivity index (χ0) is 22.4. The number of hydrogen-bond donors (Lipinski definition) is 5. The number of aliphatic hydroxyl groups is 2. The molecule has 172 valence electrons. The Labute approximate surface area is 178 Å². The van der Waals surface area contributed by atoms with Gasteiger partial charge in [0.2, 0.25) is 5.91 Å². The van der Waals surface area contributed by atoms with Gasteiger partial charge in [-0.1, -0.05) is 13.3 Å². The van der Waals surface area contributed by atoms with E-state index in [0.29, 0.717) is 17.6 Å². The molecule has 1 fully saturated rings. The van der Waals surface area contributed by atoms with Gasteiger partial charge < -0.3 is 35.5 Å². The molecule has 0 aromatic carbocycles. The van der Waals surface area contributed by atoms with E-state index in [1.54, 1.807) is 0 Å². The summed E-state index contributed by atoms with van der Waals surface area (Å²) in [5, 5.41) is 26.5. The van der Waals surface area contributed by atoms with Crippen molar-refractivity contribution in [2.75, 3.05) is 33.0 Å². The number of carbonyl (C=O) groups excluding carboxylic acids is 1. The van der Waals surface area contributed by atoms with Gasteiger partial charge >= 0.3 is 0 Å². The van der Waals surface area contributed by atoms with Gasteiger partial charge in [-0.25, -0.2) is 15.0 Å². The van der Waals surface area contributed by atoms with Crippen molar-refractivity contribution in [2.45, 2.75) is 50.3 Å². The average molecular weight is 439 g/mol. The van der Waals surface area contributed by atoms with E-state index < -0.39 is 37.1 Å². The Morgan fingerprint density at radius 3 is 2.94 bits per heavy atom. The molecule has 2 aromatic heterocycles. The first kappa shape index (κ1) is 23.2. The molecule has 13 heteroatoms. The summed E-state index contributed by atoms with van der Waals surface area (Å²) in [5.41, 5.74) is 6.56. The Bertz CT molecular complexity index is 865. The SMILES string of the molecule is CCCC(NCOCOC)C(=O)NC1[C@@H](CO)O[C@@H](n2cnc3c(N)ncnc32)[C@H]1O. The summed E-state index contributed by atoms with van der Waals surface area (Å²) in [7, 11) is 1.51. The second kappa shape index (κ2) is 10.7. The second-order valence-corrected chi connectivity index (χ2v) is 7.16. The number of aromatic nitrogens is 4. The molecule has 0 bridgehead atoms. The van der Waals surface area contributed by atoms with Crippen molar-refractivity contribution >= 4 is 22.9 Å². The zero-order valence-corrected chi connectivity index (χ0v) is 17.5. The number of carbonyl (C=O) groups is 1. The minimum Gasteiger partial charge on any atom is -0.394 e. The number of nitrogens with one attached hydrogen (secondary N) is 2. The Morgan fingerprint density at radius 1 is 1.42 bits per heavy atom. The molecule has 0 spiro atoms. The van der Waals surface area contributed by atoms with Gasteiger partial charge in [-0.15, -0.1) is 0 Å². The van der Waals surface area contributed by atoms with Gasteiger partial charge in [0.1, 0.15) is 30.8 Å². The number of rotatable bonds is 11. The maximum Gasteiger partial charge on any atom is 0.237 e. The smallest absolute Gasteiger partial charge is 0.237 e. The van der Waals surface area contributed by atoms with Gasteiger partial charge in [0.25, 0.3) is 0 Å². The maximum atomic E-state index is 12.8. The Morgan fingerprint density at radius 2 is 2.23 bits per heavy atom. The molecule has 31 heavy (non-hydrogen) atoms. The molecule has 0 aliphatic carbocycles. The molecule has 2 aromatic rings. The molecule has 13 nitrogen and oxygen atoms in total. The Hall–Kier alpha value is -2.42. The predicted octanol–water partition coefficient (Wildman–Crippen LogP) is -1.52. The third-order valence-corrected chi connectivity index (χ3v) is 5.05. The van der Waals surface area contributed by atoms with Crippen LogP contribution in [0.3, 0.4) is 0 Å². The number of amides is 1. The van der Waals surface area contributed by atoms with Gasteiger partial charge in [0, 0.05) is 7.11 Å². The number of nitrogens with two attached hydrogens (primary N) is 1. The highest BCUT2D eigenvalue weighted by molar-refractivity contribution is 5.82. The molecular weight excluding hydrogens is 410 g/mol. The lowest BCUT2D eigenvalue weighted by atomic mass is 10.1. The first-order valence-electron chi connectivity index (χ1n) is 9.99. The highest BCUT2D eigenvalue weighted by Crippen LogP contribution is 2.32. The third-order valence-electron chi connectivity index (χ3n) is 5.05. The van der Waals surface area contributed by atoms with E-state index >= 15 is 0 Å². The molecule has 3 heterocycles. The third kappa shape index (κ3) is 5.08. The summed E-state index contributed by atoms with van der Waals surface area (Å²) in [6, 6.07) is -1.39. The van der Waals surface area contributed by atoms with E-state index in [-0.39, 0.29) is 25.2 Å². The first-order chi connectivity index (χ1) is 15.0. The fraction of sp³-hybridized carbons (Fsp3) is 0.667. The van der Waals surface area contributed by atoms with Crippen molar-refractivity contribution in [3.8, 4) is 0 Å². The van der Waals surface area contributed by atoms with Crippen LogP contribution in [0.1, 0.15) is 26.0 Å². The molecule has 1 amide bonds. The van der Waals surface area contributed by atoms with Crippen LogP contribution in [0.15, 0.2) is 12.7 Å². The highest BCUT2D eigenvalue weighted by atomic mass is 16.7. The summed E-state index contributed by atoms with van der Waals surface area (Å²) in [4.78, 5) is 25.1. The minimum atomic E-state index is -1.17. The Kier molecular flexibility index (Phi) is 8.06. The molecular formula is C18H29N7O6. The number of nitrogen functional groups attached to an aromatic ring is 1. The zero-order valence-electron chi connectivity index (χ0n) is 17.5. The molecule has 1 aliphatic heterocycles. The average Bonchev–Trinajstić information content (AvgIpc) is 3.32. The standard InChI is InChI=1S/C18H29N7O6/c1-3-4-10(23-8-30-9-29-2)17(28)24-12-11(5-26)31-18(14(12)27)25-7-22-13-15(19)20-6-21-16(13)25/h6-7,10-12,14,18,23,26-27H,3-5,8-9H2,1-2H3,(H,24,28)(H2,19,20,21)/t10?,11-,12?,14+,18-/m1/s1. The van der Waals surface area contributed by atoms with E-state index in [9.17, 15) is 15.0 Å². The van der Waals surface area contributed by atoms with Crippen LogP contribution in [-0.2, 0) is 19.0 Å². The number of aliphatic hydroxyl groups excluding tert-OH is 2. The summed E-state index contributed by atoms with van der Waals surface area (Å²) < 4.78 is 17.3. The summed E-state index contributed by atoms with van der Waals surface area (Å²) in [6.45, 7) is 1.79. The highest BCUT2D eigenvalue weighted by Gasteiger charge is 2.46. The van der Waals surface area contributed by atoms with Gasteiger partial charge in [0.15, 0.2) is 17.7 Å². The van der Waals surface area contributed by atoms with E-state index in [1.165, 1.54) is 24.3 Å². The molecule has 1 saturated heterocycles. The normalized spacial score (nSPS) is 24.5. The van der Waals surface area contributed by atoms with E-state index in [4.69, 9.17) is 19.9 Å². The van der Waals surface area contributed by atoms with Gasteiger partial charge in [-0.2, -0.15) is 0 Å². The number of ether oxygens (including phenoxy) is 3. The number of methoxy groups -OCH3 is 1. The number of imidazole rings is 1. The molecule has 0 saturated carbocycles. The fourth-order valence-corrected chi connectivity index (χ4v) is 3.53. The van der Waals surface area contributed by atoms with E-state index in [1.807, 2.05) is 6.92 Å². The van der Waals surface area contributed by atoms with Gasteiger partial charge in [-0.3, -0.25) is 14.7 Å². The number of hydrogen-bond acceptors (Lipinski definition) is 11. The van der Waals surface area contributed by atoms with Crippen LogP contribution in [0.5, 0.6) is 0 Å². The van der Waals surface area contributed by atoms with Crippen LogP contribution in [0.25, 0.3) is 11.2 Å². The molecule has 2 unspecified atom stereocenters. The summed E-state index contributed by atoms with van der Waals surface area (Å²) >= 11 is 0. The number of anilines is 1. The lowest BCUT2D eigenvalue weighted by Crippen LogP contribution is -2.54. The monoisotopic (exact) mass is 439 g/mol. The van der Waals surface area contributed by atoms with Crippen LogP contribution in [0.2, 0.25) is 0 Å². The lowest BCUT2D eigenvalue weighted by molar-refractivity contribution is -0.126. The molecule has 6 N–H and O–H groups in total. The minimum absolute atomic E-state index is 0.101. The van der Waals surface area contributed by atoms with Crippen LogP contribution in [0.4, 0.5) is 5.82 Å². The summed E-state index contributed by atoms with van der Waals surface area (Å²) in [5.74, 6) is -0.138. The molecule has 5 atom stereocenters. The van der Waals surface area contributed by atoms with Crippen LogP contribution in [0, 0.1) is 0 Å². The van der Waals surface area contributed by atoms with Gasteiger partial charge in [-0.05, 0) is 6.42 Å². The Balaban J connectivity index is 1.73. The number of nitrogens with zero attached hydrogens (tertiary/aromatic N) is 4. The summed E-state index contributed by atoms with van der Waals surface area (Å²) in [6.07, 6.45) is 1.11. The van der Waals surface area contributed by atoms with Crippen molar-refractivity contribution in [3.05, 3.63) is 12.7 Å². The quantitative estimate of drug-likeness (QED) is 0.203. The van der Waals surface area contributed by atoms with E-state index in [2.05, 4.69) is 25.6 Å². The van der Waals surface area contributed by atoms with Crippen LogP contribution in [-0.4, -0.2) is 87.2 Å². The van der Waals surface area contributed by atoms with Crippen LogP contribution >= 0.6 is 0 Å². The van der Waals surface area contributed by atoms with Crippen molar-refractivity contribution in [1.29, 1.82) is 0 Å². The fourth-order valence-electron chi connectivity index (χ4n) is 3.53. The molecule has 0 radical (unpaired) electrons. The van der Waals surface area contributed by atoms with Crippen molar-refractivity contribution in [1.82, 2.24) is 30.2 Å². The predicted molar refractivity (Wildman–Crippen MR) is 108 cm³/mol. The maximum absolute atomic E-state index is 12.8. The van der Waals surface area contributed by atoms with Crippen molar-refractivity contribution in [2.24, 2.45) is 0 Å². The largest absolute Gasteiger partial charge is 0.394 e. The van der Waals surface area contributed by atoms with Crippen molar-refractivity contribution in [3.63, 3.8) is 0 Å². The molecule has 1 aliphatic rings. The van der Waals surface area contributed by atoms with E-state index in [0.717, 1.165) is 6.42 Å². The second-order valence-electron chi connectivity index (χ2n) is 7.16. The van der Waals surface area contributed by atoms with Crippen LogP contribution < -0.4 is 16.4 Å². The molecule has 3 rings (SSSR count). The van der Waals surface area contributed by atoms with Crippen molar-refractivity contribution < 1.29 is 29.2 Å².